The first kappa shape index (κ1) is 15.4. The highest BCUT2D eigenvalue weighted by Gasteiger charge is 2.17. The van der Waals surface area contributed by atoms with E-state index in [1.165, 1.54) is 13.0 Å². The summed E-state index contributed by atoms with van der Waals surface area (Å²) in [6.07, 6.45) is 0.125. The van der Waals surface area contributed by atoms with Gasteiger partial charge < -0.3 is 0 Å². The third-order valence-corrected chi connectivity index (χ3v) is 3.73. The van der Waals surface area contributed by atoms with Crippen LogP contribution in [-0.4, -0.2) is 5.78 Å². The number of hydrogen-bond acceptors (Lipinski definition) is 1. The first-order valence-corrected chi connectivity index (χ1v) is 6.85. The first-order valence-electron chi connectivity index (χ1n) is 6.85. The molecule has 2 rings (SSSR count). The lowest BCUT2D eigenvalue weighted by Crippen LogP contribution is -2.10. The second-order valence-electron chi connectivity index (χ2n) is 5.56. The second kappa shape index (κ2) is 5.76. The Morgan fingerprint density at radius 2 is 1.43 bits per heavy atom. The van der Waals surface area contributed by atoms with Gasteiger partial charge in [0.05, 0.1) is 5.56 Å². The Balaban J connectivity index is 2.37. The number of hydrogen-bond donors (Lipinski definition) is 0. The molecular formula is C18H18F2O. The molecule has 2 aromatic carbocycles. The molecular weight excluding hydrogens is 270 g/mol. The van der Waals surface area contributed by atoms with E-state index in [1.807, 2.05) is 32.9 Å². The van der Waals surface area contributed by atoms with Crippen LogP contribution < -0.4 is 0 Å². The van der Waals surface area contributed by atoms with Crippen LogP contribution in [0.15, 0.2) is 24.3 Å². The van der Waals surface area contributed by atoms with E-state index in [2.05, 4.69) is 0 Å². The smallest absolute Gasteiger partial charge is 0.170 e. The second-order valence-corrected chi connectivity index (χ2v) is 5.56. The van der Waals surface area contributed by atoms with Crippen molar-refractivity contribution in [3.8, 4) is 0 Å². The van der Waals surface area contributed by atoms with Gasteiger partial charge in [0.2, 0.25) is 0 Å². The summed E-state index contributed by atoms with van der Waals surface area (Å²) in [4.78, 5) is 12.3. The average molecular weight is 288 g/mol. The van der Waals surface area contributed by atoms with Gasteiger partial charge in [-0.25, -0.2) is 8.78 Å². The molecule has 0 N–H and O–H groups in total. The van der Waals surface area contributed by atoms with Gasteiger partial charge >= 0.3 is 0 Å². The topological polar surface area (TPSA) is 17.1 Å². The van der Waals surface area contributed by atoms with E-state index in [0.29, 0.717) is 0 Å². The molecule has 0 spiro atoms. The maximum atomic E-state index is 13.8. The molecule has 1 nitrogen and oxygen atoms in total. The fourth-order valence-corrected chi connectivity index (χ4v) is 2.62. The highest BCUT2D eigenvalue weighted by molar-refractivity contribution is 5.98. The molecule has 21 heavy (non-hydrogen) atoms. The summed E-state index contributed by atoms with van der Waals surface area (Å²) in [5.41, 5.74) is 4.29. The minimum absolute atomic E-state index is 0.0479. The van der Waals surface area contributed by atoms with Crippen molar-refractivity contribution in [3.63, 3.8) is 0 Å². The van der Waals surface area contributed by atoms with Gasteiger partial charge in [-0.3, -0.25) is 4.79 Å². The molecule has 0 aliphatic rings. The zero-order chi connectivity index (χ0) is 15.7. The van der Waals surface area contributed by atoms with Gasteiger partial charge in [-0.1, -0.05) is 17.7 Å². The van der Waals surface area contributed by atoms with Crippen LogP contribution in [-0.2, 0) is 6.42 Å². The van der Waals surface area contributed by atoms with Gasteiger partial charge in [0, 0.05) is 12.5 Å². The quantitative estimate of drug-likeness (QED) is 0.753. The monoisotopic (exact) mass is 288 g/mol. The number of carbonyl (C=O) groups excluding carboxylic acids is 1. The van der Waals surface area contributed by atoms with E-state index in [9.17, 15) is 13.6 Å². The lowest BCUT2D eigenvalue weighted by Gasteiger charge is -2.11. The summed E-state index contributed by atoms with van der Waals surface area (Å²) < 4.78 is 27.1. The van der Waals surface area contributed by atoms with Crippen LogP contribution in [0.2, 0.25) is 0 Å². The largest absolute Gasteiger partial charge is 0.294 e. The molecule has 0 atom stereocenters. The van der Waals surface area contributed by atoms with Crippen molar-refractivity contribution in [2.24, 2.45) is 0 Å². The Bertz CT molecular complexity index is 694. The number of carbonyl (C=O) groups is 1. The van der Waals surface area contributed by atoms with Crippen LogP contribution in [0.4, 0.5) is 8.78 Å². The zero-order valence-electron chi connectivity index (χ0n) is 12.7. The van der Waals surface area contributed by atoms with Gasteiger partial charge in [0.25, 0.3) is 0 Å². The van der Waals surface area contributed by atoms with Crippen molar-refractivity contribution >= 4 is 5.78 Å². The predicted molar refractivity (Wildman–Crippen MR) is 79.8 cm³/mol. The Morgan fingerprint density at radius 1 is 0.857 bits per heavy atom. The summed E-state index contributed by atoms with van der Waals surface area (Å²) in [6.45, 7) is 7.40. The molecule has 0 bridgehead atoms. The third-order valence-electron chi connectivity index (χ3n) is 3.73. The molecule has 0 aromatic heterocycles. The summed E-state index contributed by atoms with van der Waals surface area (Å²) in [6, 6.07) is 6.06. The van der Waals surface area contributed by atoms with E-state index < -0.39 is 11.6 Å². The Morgan fingerprint density at radius 3 is 2.00 bits per heavy atom. The van der Waals surface area contributed by atoms with Gasteiger partial charge in [-0.05, 0) is 56.0 Å². The third kappa shape index (κ3) is 3.18. The highest BCUT2D eigenvalue weighted by Crippen LogP contribution is 2.21. The van der Waals surface area contributed by atoms with Crippen LogP contribution in [0.1, 0.15) is 38.2 Å². The molecule has 0 saturated heterocycles. The van der Waals surface area contributed by atoms with Crippen molar-refractivity contribution in [2.45, 2.75) is 34.1 Å². The van der Waals surface area contributed by atoms with Crippen molar-refractivity contribution < 1.29 is 13.6 Å². The van der Waals surface area contributed by atoms with Gasteiger partial charge in [-0.15, -0.1) is 0 Å². The van der Waals surface area contributed by atoms with E-state index in [-0.39, 0.29) is 23.3 Å². The number of Topliss-reactive ketones (excluding diaryl/α,β-unsaturated/α-hetero) is 1. The number of halogens is 2. The van der Waals surface area contributed by atoms with Crippen LogP contribution in [0, 0.1) is 39.3 Å². The van der Waals surface area contributed by atoms with Crippen LogP contribution in [0.25, 0.3) is 0 Å². The summed E-state index contributed by atoms with van der Waals surface area (Å²) >= 11 is 0. The Kier molecular flexibility index (Phi) is 4.21. The average Bonchev–Trinajstić information content (AvgIpc) is 2.37. The van der Waals surface area contributed by atoms with Crippen molar-refractivity contribution in [2.75, 3.05) is 0 Å². The minimum Gasteiger partial charge on any atom is -0.294 e. The van der Waals surface area contributed by atoms with Crippen LogP contribution in [0.5, 0.6) is 0 Å². The molecule has 0 unspecified atom stereocenters. The van der Waals surface area contributed by atoms with Gasteiger partial charge in [0.15, 0.2) is 5.78 Å². The molecule has 0 aliphatic heterocycles. The fourth-order valence-electron chi connectivity index (χ4n) is 2.62. The lowest BCUT2D eigenvalue weighted by atomic mass is 9.93. The van der Waals surface area contributed by atoms with E-state index in [0.717, 1.165) is 28.3 Å². The van der Waals surface area contributed by atoms with Gasteiger partial charge in [-0.2, -0.15) is 0 Å². The maximum Gasteiger partial charge on any atom is 0.170 e. The number of aryl methyl sites for hydroxylation is 4. The minimum atomic E-state index is -0.800. The SMILES string of the molecule is Cc1cc(C)c(CC(=O)c2cc(C)c(F)cc2F)c(C)c1. The fraction of sp³-hybridized carbons (Fsp3) is 0.278. The molecule has 2 aromatic rings. The Hall–Kier alpha value is -2.03. The van der Waals surface area contributed by atoms with Crippen molar-refractivity contribution in [3.05, 3.63) is 69.3 Å². The van der Waals surface area contributed by atoms with E-state index >= 15 is 0 Å². The van der Waals surface area contributed by atoms with Crippen molar-refractivity contribution in [1.82, 2.24) is 0 Å². The summed E-state index contributed by atoms with van der Waals surface area (Å²) in [7, 11) is 0. The number of benzene rings is 2. The van der Waals surface area contributed by atoms with E-state index in [4.69, 9.17) is 0 Å². The molecule has 0 fully saturated rings. The molecule has 0 aliphatic carbocycles. The molecule has 3 heteroatoms. The first-order chi connectivity index (χ1) is 9.79. The Labute approximate surface area is 123 Å². The zero-order valence-corrected chi connectivity index (χ0v) is 12.7. The predicted octanol–water partition coefficient (Wildman–Crippen LogP) is 4.62. The molecule has 0 radical (unpaired) electrons. The molecule has 0 amide bonds. The van der Waals surface area contributed by atoms with Gasteiger partial charge in [0.1, 0.15) is 11.6 Å². The molecule has 0 heterocycles. The molecule has 0 saturated carbocycles. The van der Waals surface area contributed by atoms with Crippen LogP contribution in [0.3, 0.4) is 0 Å². The molecule has 110 valence electrons. The maximum absolute atomic E-state index is 13.8. The standard InChI is InChI=1S/C18H18F2O/c1-10-5-11(2)14(12(3)6-10)8-18(21)15-7-13(4)16(19)9-17(15)20/h5-7,9H,8H2,1-4H3. The lowest BCUT2D eigenvalue weighted by molar-refractivity contribution is 0.0988. The highest BCUT2D eigenvalue weighted by atomic mass is 19.1. The van der Waals surface area contributed by atoms with Crippen LogP contribution >= 0.6 is 0 Å². The number of ketones is 1. The van der Waals surface area contributed by atoms with E-state index in [1.54, 1.807) is 0 Å². The summed E-state index contributed by atoms with van der Waals surface area (Å²) in [5, 5.41) is 0. The van der Waals surface area contributed by atoms with Crippen molar-refractivity contribution in [1.29, 1.82) is 0 Å². The normalized spacial score (nSPS) is 10.8. The summed E-state index contributed by atoms with van der Waals surface area (Å²) in [5.74, 6) is -1.76. The number of rotatable bonds is 3.